The number of halogens is 1. The number of anilines is 1. The number of ether oxygens (including phenoxy) is 2. The highest BCUT2D eigenvalue weighted by Gasteiger charge is 2.11. The molecule has 1 amide bonds. The van der Waals surface area contributed by atoms with Gasteiger partial charge in [-0.15, -0.1) is 0 Å². The quantitative estimate of drug-likeness (QED) is 0.730. The molecule has 0 bridgehead atoms. The number of amides is 1. The second-order valence-electron chi connectivity index (χ2n) is 4.37. The first kappa shape index (κ1) is 15.8. The molecule has 22 heavy (non-hydrogen) atoms. The monoisotopic (exact) mass is 323 g/mol. The molecule has 0 radical (unpaired) electrons. The Morgan fingerprint density at radius 2 is 1.95 bits per heavy atom. The Morgan fingerprint density at radius 3 is 2.55 bits per heavy atom. The number of phenols is 1. The molecule has 0 atom stereocenters. The van der Waals surface area contributed by atoms with Crippen LogP contribution in [0.2, 0.25) is 5.02 Å². The molecule has 2 aromatic rings. The van der Waals surface area contributed by atoms with Gasteiger partial charge >= 0.3 is 6.09 Å². The molecule has 0 aliphatic rings. The summed E-state index contributed by atoms with van der Waals surface area (Å²) in [5.74, 6) is 0.728. The van der Waals surface area contributed by atoms with Crippen molar-refractivity contribution in [3.8, 4) is 17.2 Å². The number of carbonyl (C=O) groups is 1. The molecule has 3 N–H and O–H groups in total. The van der Waals surface area contributed by atoms with Gasteiger partial charge in [0.15, 0.2) is 0 Å². The summed E-state index contributed by atoms with van der Waals surface area (Å²) in [7, 11) is 1.58. The second kappa shape index (κ2) is 6.91. The Labute approximate surface area is 131 Å². The van der Waals surface area contributed by atoms with E-state index in [2.05, 4.69) is 0 Å². The number of rotatable bonds is 5. The van der Waals surface area contributed by atoms with Gasteiger partial charge in [-0.1, -0.05) is 23.7 Å². The lowest BCUT2D eigenvalue weighted by atomic mass is 10.2. The van der Waals surface area contributed by atoms with Crippen LogP contribution < -0.4 is 14.8 Å². The van der Waals surface area contributed by atoms with Crippen molar-refractivity contribution >= 4 is 23.4 Å². The highest BCUT2D eigenvalue weighted by Crippen LogP contribution is 2.35. The minimum Gasteiger partial charge on any atom is -0.506 e. The average molecular weight is 324 g/mol. The van der Waals surface area contributed by atoms with Gasteiger partial charge in [-0.2, -0.15) is 0 Å². The Hall–Kier alpha value is -2.60. The molecule has 0 aliphatic carbocycles. The molecule has 6 nitrogen and oxygen atoms in total. The maximum absolute atomic E-state index is 10.6. The standard InChI is InChI=1S/C15H14ClNO5/c1-21-10-4-2-9(3-5-10)8-22-14-7-13(18)12(6-11(14)16)17-15(19)20/h2-7,17-18H,8H2,1H3,(H,19,20). The van der Waals surface area contributed by atoms with Gasteiger partial charge in [0.1, 0.15) is 23.9 Å². The summed E-state index contributed by atoms with van der Waals surface area (Å²) in [5, 5.41) is 20.6. The van der Waals surface area contributed by atoms with Gasteiger partial charge in [-0.3, -0.25) is 5.32 Å². The van der Waals surface area contributed by atoms with Gasteiger partial charge in [0.25, 0.3) is 0 Å². The Kier molecular flexibility index (Phi) is 4.95. The largest absolute Gasteiger partial charge is 0.506 e. The van der Waals surface area contributed by atoms with Crippen molar-refractivity contribution in [3.63, 3.8) is 0 Å². The maximum atomic E-state index is 10.6. The molecule has 0 unspecified atom stereocenters. The fourth-order valence-corrected chi connectivity index (χ4v) is 1.97. The highest BCUT2D eigenvalue weighted by atomic mass is 35.5. The van der Waals surface area contributed by atoms with E-state index in [1.165, 1.54) is 12.1 Å². The van der Waals surface area contributed by atoms with Crippen LogP contribution in [0.3, 0.4) is 0 Å². The predicted octanol–water partition coefficient (Wildman–Crippen LogP) is 3.72. The number of benzene rings is 2. The van der Waals surface area contributed by atoms with Gasteiger partial charge in [-0.05, 0) is 23.8 Å². The van der Waals surface area contributed by atoms with Crippen LogP contribution in [0.5, 0.6) is 17.2 Å². The van der Waals surface area contributed by atoms with E-state index in [1.54, 1.807) is 19.2 Å². The number of hydrogen-bond acceptors (Lipinski definition) is 4. The normalized spacial score (nSPS) is 10.1. The zero-order chi connectivity index (χ0) is 16.1. The van der Waals surface area contributed by atoms with Gasteiger partial charge in [0.2, 0.25) is 0 Å². The van der Waals surface area contributed by atoms with Crippen molar-refractivity contribution in [2.45, 2.75) is 6.61 Å². The van der Waals surface area contributed by atoms with Crippen molar-refractivity contribution in [1.82, 2.24) is 0 Å². The predicted molar refractivity (Wildman–Crippen MR) is 82.1 cm³/mol. The van der Waals surface area contributed by atoms with Crippen LogP contribution in [0, 0.1) is 0 Å². The highest BCUT2D eigenvalue weighted by molar-refractivity contribution is 6.32. The summed E-state index contributed by atoms with van der Waals surface area (Å²) in [6.07, 6.45) is -1.29. The zero-order valence-corrected chi connectivity index (χ0v) is 12.4. The van der Waals surface area contributed by atoms with Crippen LogP contribution in [-0.2, 0) is 6.61 Å². The van der Waals surface area contributed by atoms with Crippen LogP contribution in [0.25, 0.3) is 0 Å². The van der Waals surface area contributed by atoms with E-state index in [9.17, 15) is 9.90 Å². The third-order valence-corrected chi connectivity index (χ3v) is 3.14. The molecule has 0 aromatic heterocycles. The Morgan fingerprint density at radius 1 is 1.27 bits per heavy atom. The number of phenolic OH excluding ortho intramolecular Hbond substituents is 1. The summed E-state index contributed by atoms with van der Waals surface area (Å²) in [6, 6.07) is 9.83. The molecule has 0 aliphatic heterocycles. The summed E-state index contributed by atoms with van der Waals surface area (Å²) in [6.45, 7) is 0.245. The van der Waals surface area contributed by atoms with Crippen molar-refractivity contribution in [3.05, 3.63) is 47.0 Å². The third-order valence-electron chi connectivity index (χ3n) is 2.85. The van der Waals surface area contributed by atoms with Crippen molar-refractivity contribution in [2.24, 2.45) is 0 Å². The molecule has 0 saturated carbocycles. The number of nitrogens with one attached hydrogen (secondary N) is 1. The SMILES string of the molecule is COc1ccc(COc2cc(O)c(NC(=O)O)cc2Cl)cc1. The van der Waals surface area contributed by atoms with Crippen molar-refractivity contribution in [1.29, 1.82) is 0 Å². The first-order valence-corrected chi connectivity index (χ1v) is 6.65. The molecule has 0 saturated heterocycles. The number of aromatic hydroxyl groups is 1. The zero-order valence-electron chi connectivity index (χ0n) is 11.7. The summed E-state index contributed by atoms with van der Waals surface area (Å²) >= 11 is 6.01. The number of methoxy groups -OCH3 is 1. The fraction of sp³-hybridized carbons (Fsp3) is 0.133. The lowest BCUT2D eigenvalue weighted by Crippen LogP contribution is -2.07. The smallest absolute Gasteiger partial charge is 0.409 e. The van der Waals surface area contributed by atoms with Crippen LogP contribution in [0.15, 0.2) is 36.4 Å². The molecule has 2 aromatic carbocycles. The van der Waals surface area contributed by atoms with Gasteiger partial charge < -0.3 is 19.7 Å². The fourth-order valence-electron chi connectivity index (χ4n) is 1.75. The first-order valence-electron chi connectivity index (χ1n) is 6.28. The van der Waals surface area contributed by atoms with Crippen LogP contribution in [-0.4, -0.2) is 23.4 Å². The van der Waals surface area contributed by atoms with Crippen LogP contribution in [0.4, 0.5) is 10.5 Å². The first-order chi connectivity index (χ1) is 10.5. The Bertz CT molecular complexity index is 672. The molecular weight excluding hydrogens is 310 g/mol. The topological polar surface area (TPSA) is 88.0 Å². The van der Waals surface area contributed by atoms with E-state index in [-0.39, 0.29) is 28.8 Å². The third kappa shape index (κ3) is 3.95. The maximum Gasteiger partial charge on any atom is 0.409 e. The lowest BCUT2D eigenvalue weighted by molar-refractivity contribution is 0.209. The van der Waals surface area contributed by atoms with E-state index >= 15 is 0 Å². The van der Waals surface area contributed by atoms with E-state index in [1.807, 2.05) is 17.4 Å². The van der Waals surface area contributed by atoms with Gasteiger partial charge in [-0.25, -0.2) is 4.79 Å². The average Bonchev–Trinajstić information content (AvgIpc) is 2.49. The second-order valence-corrected chi connectivity index (χ2v) is 4.77. The van der Waals surface area contributed by atoms with E-state index < -0.39 is 6.09 Å². The molecule has 116 valence electrons. The molecule has 7 heteroatoms. The van der Waals surface area contributed by atoms with Crippen LogP contribution in [0.1, 0.15) is 5.56 Å². The van der Waals surface area contributed by atoms with Gasteiger partial charge in [0.05, 0.1) is 17.8 Å². The molecule has 0 fully saturated rings. The minimum atomic E-state index is -1.29. The van der Waals surface area contributed by atoms with Gasteiger partial charge in [0, 0.05) is 6.07 Å². The molecular formula is C15H14ClNO5. The Balaban J connectivity index is 2.09. The molecule has 0 heterocycles. The number of hydrogen-bond donors (Lipinski definition) is 3. The lowest BCUT2D eigenvalue weighted by Gasteiger charge is -2.11. The minimum absolute atomic E-state index is 0.00528. The van der Waals surface area contributed by atoms with Crippen molar-refractivity contribution < 1.29 is 24.5 Å². The van der Waals surface area contributed by atoms with E-state index in [0.717, 1.165) is 11.3 Å². The summed E-state index contributed by atoms with van der Waals surface area (Å²) in [5.41, 5.74) is 0.887. The van der Waals surface area contributed by atoms with Crippen molar-refractivity contribution in [2.75, 3.05) is 12.4 Å². The van der Waals surface area contributed by atoms with Crippen LogP contribution >= 0.6 is 11.6 Å². The molecule has 0 spiro atoms. The van der Waals surface area contributed by atoms with E-state index in [4.69, 9.17) is 26.2 Å². The number of carboxylic acid groups (broad SMARTS) is 1. The van der Waals surface area contributed by atoms with E-state index in [0.29, 0.717) is 0 Å². The summed E-state index contributed by atoms with van der Waals surface area (Å²) in [4.78, 5) is 10.6. The molecule has 2 rings (SSSR count). The summed E-state index contributed by atoms with van der Waals surface area (Å²) < 4.78 is 10.6.